The zero-order valence-electron chi connectivity index (χ0n) is 9.19. The number of fused-ring (bicyclic) bond motifs is 1. The Hall–Kier alpha value is -1.48. The zero-order chi connectivity index (χ0) is 10.8. The molecule has 0 aliphatic carbocycles. The van der Waals surface area contributed by atoms with Crippen molar-refractivity contribution in [2.45, 2.75) is 18.8 Å². The van der Waals surface area contributed by atoms with Crippen LogP contribution in [-0.4, -0.2) is 23.1 Å². The second kappa shape index (κ2) is 4.18. The molecule has 1 aliphatic heterocycles. The maximum absolute atomic E-state index is 4.47. The fourth-order valence-electron chi connectivity index (χ4n) is 2.48. The summed E-state index contributed by atoms with van der Waals surface area (Å²) in [5, 5.41) is 3.40. The van der Waals surface area contributed by atoms with Crippen molar-refractivity contribution in [3.63, 3.8) is 0 Å². The molecule has 1 aromatic carbocycles. The lowest BCUT2D eigenvalue weighted by Crippen LogP contribution is -2.26. The molecule has 0 saturated carbocycles. The highest BCUT2D eigenvalue weighted by atomic mass is 14.9. The quantitative estimate of drug-likeness (QED) is 0.788. The van der Waals surface area contributed by atoms with Crippen LogP contribution in [0, 0.1) is 0 Å². The molecule has 3 heteroatoms. The molecular weight excluding hydrogens is 198 g/mol. The molecule has 0 bridgehead atoms. The van der Waals surface area contributed by atoms with Crippen molar-refractivity contribution < 1.29 is 0 Å². The number of benzene rings is 1. The van der Waals surface area contributed by atoms with E-state index in [-0.39, 0.29) is 0 Å². The number of nitrogens with one attached hydrogen (secondary N) is 1. The Morgan fingerprint density at radius 3 is 2.75 bits per heavy atom. The first-order chi connectivity index (χ1) is 7.95. The molecule has 1 N–H and O–H groups in total. The molecule has 0 amide bonds. The molecular formula is C13H15N3. The third-order valence-electron chi connectivity index (χ3n) is 3.31. The van der Waals surface area contributed by atoms with E-state index < -0.39 is 0 Å². The predicted octanol–water partition coefficient (Wildman–Crippen LogP) is 2.10. The summed E-state index contributed by atoms with van der Waals surface area (Å²) >= 11 is 0. The summed E-state index contributed by atoms with van der Waals surface area (Å²) in [5.74, 6) is 0.640. The number of piperidine rings is 1. The molecule has 82 valence electrons. The Morgan fingerprint density at radius 2 is 1.88 bits per heavy atom. The lowest BCUT2D eigenvalue weighted by molar-refractivity contribution is 0.462. The van der Waals surface area contributed by atoms with E-state index in [0.717, 1.165) is 24.1 Å². The Bertz CT molecular complexity index is 484. The Morgan fingerprint density at radius 1 is 1.06 bits per heavy atom. The van der Waals surface area contributed by atoms with Gasteiger partial charge in [-0.1, -0.05) is 12.1 Å². The molecule has 0 radical (unpaired) electrons. The van der Waals surface area contributed by atoms with Gasteiger partial charge in [0.2, 0.25) is 0 Å². The standard InChI is InChI=1S/C13H15N3/c1-2-11(10-4-6-14-7-5-10)13-12(3-1)15-8-9-16-13/h1-3,8-10,14H,4-7H2. The average molecular weight is 213 g/mol. The van der Waals surface area contributed by atoms with Crippen LogP contribution in [0.4, 0.5) is 0 Å². The smallest absolute Gasteiger partial charge is 0.0921 e. The molecule has 3 nitrogen and oxygen atoms in total. The number of hydrogen-bond donors (Lipinski definition) is 1. The van der Waals surface area contributed by atoms with Crippen LogP contribution < -0.4 is 5.32 Å². The zero-order valence-corrected chi connectivity index (χ0v) is 9.19. The van der Waals surface area contributed by atoms with Crippen LogP contribution in [0.5, 0.6) is 0 Å². The van der Waals surface area contributed by atoms with Crippen LogP contribution in [0.1, 0.15) is 24.3 Å². The van der Waals surface area contributed by atoms with Gasteiger partial charge in [-0.3, -0.25) is 9.97 Å². The Balaban J connectivity index is 2.08. The molecule has 1 fully saturated rings. The molecule has 1 saturated heterocycles. The van der Waals surface area contributed by atoms with Crippen molar-refractivity contribution in [3.8, 4) is 0 Å². The van der Waals surface area contributed by atoms with Gasteiger partial charge in [-0.2, -0.15) is 0 Å². The fourth-order valence-corrected chi connectivity index (χ4v) is 2.48. The molecule has 1 aromatic heterocycles. The number of aromatic nitrogens is 2. The van der Waals surface area contributed by atoms with Crippen LogP contribution >= 0.6 is 0 Å². The van der Waals surface area contributed by atoms with Crippen molar-refractivity contribution in [1.82, 2.24) is 15.3 Å². The second-order valence-corrected chi connectivity index (χ2v) is 4.30. The van der Waals surface area contributed by atoms with E-state index in [0.29, 0.717) is 5.92 Å². The summed E-state index contributed by atoms with van der Waals surface area (Å²) in [7, 11) is 0. The first kappa shape index (κ1) is 9.73. The lowest BCUT2D eigenvalue weighted by atomic mass is 9.89. The van der Waals surface area contributed by atoms with Crippen LogP contribution in [0.15, 0.2) is 30.6 Å². The first-order valence-electron chi connectivity index (χ1n) is 5.85. The molecule has 2 aromatic rings. The van der Waals surface area contributed by atoms with Gasteiger partial charge in [0.15, 0.2) is 0 Å². The van der Waals surface area contributed by atoms with Gasteiger partial charge in [-0.25, -0.2) is 0 Å². The highest BCUT2D eigenvalue weighted by Gasteiger charge is 2.17. The van der Waals surface area contributed by atoms with Crippen LogP contribution in [-0.2, 0) is 0 Å². The summed E-state index contributed by atoms with van der Waals surface area (Å²) in [4.78, 5) is 8.83. The molecule has 0 atom stereocenters. The van der Waals surface area contributed by atoms with E-state index in [1.54, 1.807) is 12.4 Å². The SMILES string of the molecule is c1cc(C2CCNCC2)c2nccnc2c1. The number of rotatable bonds is 1. The minimum Gasteiger partial charge on any atom is -0.317 e. The first-order valence-corrected chi connectivity index (χ1v) is 5.85. The van der Waals surface area contributed by atoms with Gasteiger partial charge >= 0.3 is 0 Å². The number of hydrogen-bond acceptors (Lipinski definition) is 3. The van der Waals surface area contributed by atoms with Crippen LogP contribution in [0.2, 0.25) is 0 Å². The fraction of sp³-hybridized carbons (Fsp3) is 0.385. The van der Waals surface area contributed by atoms with Gasteiger partial charge < -0.3 is 5.32 Å². The van der Waals surface area contributed by atoms with Crippen molar-refractivity contribution in [2.24, 2.45) is 0 Å². The lowest BCUT2D eigenvalue weighted by Gasteiger charge is -2.23. The molecule has 0 unspecified atom stereocenters. The third kappa shape index (κ3) is 1.67. The van der Waals surface area contributed by atoms with E-state index >= 15 is 0 Å². The van der Waals surface area contributed by atoms with Gasteiger partial charge in [0.1, 0.15) is 0 Å². The highest BCUT2D eigenvalue weighted by molar-refractivity contribution is 5.78. The molecule has 3 rings (SSSR count). The molecule has 0 spiro atoms. The van der Waals surface area contributed by atoms with E-state index in [2.05, 4.69) is 27.4 Å². The van der Waals surface area contributed by atoms with Gasteiger partial charge in [0, 0.05) is 12.4 Å². The third-order valence-corrected chi connectivity index (χ3v) is 3.31. The van der Waals surface area contributed by atoms with Crippen LogP contribution in [0.3, 0.4) is 0 Å². The number of para-hydroxylation sites is 1. The van der Waals surface area contributed by atoms with Crippen molar-refractivity contribution >= 4 is 11.0 Å². The van der Waals surface area contributed by atoms with Gasteiger partial charge in [-0.15, -0.1) is 0 Å². The van der Waals surface area contributed by atoms with E-state index in [9.17, 15) is 0 Å². The minimum atomic E-state index is 0.640. The summed E-state index contributed by atoms with van der Waals surface area (Å²) in [5.41, 5.74) is 3.46. The van der Waals surface area contributed by atoms with Crippen molar-refractivity contribution in [1.29, 1.82) is 0 Å². The molecule has 16 heavy (non-hydrogen) atoms. The van der Waals surface area contributed by atoms with E-state index in [4.69, 9.17) is 0 Å². The molecule has 2 heterocycles. The number of nitrogens with zero attached hydrogens (tertiary/aromatic N) is 2. The maximum Gasteiger partial charge on any atom is 0.0921 e. The Kier molecular flexibility index (Phi) is 2.54. The van der Waals surface area contributed by atoms with Crippen molar-refractivity contribution in [2.75, 3.05) is 13.1 Å². The second-order valence-electron chi connectivity index (χ2n) is 4.30. The normalized spacial score (nSPS) is 17.8. The topological polar surface area (TPSA) is 37.8 Å². The van der Waals surface area contributed by atoms with Gasteiger partial charge in [-0.05, 0) is 43.5 Å². The summed E-state index contributed by atoms with van der Waals surface area (Å²) in [6.45, 7) is 2.22. The summed E-state index contributed by atoms with van der Waals surface area (Å²) < 4.78 is 0. The predicted molar refractivity (Wildman–Crippen MR) is 64.4 cm³/mol. The van der Waals surface area contributed by atoms with Crippen molar-refractivity contribution in [3.05, 3.63) is 36.2 Å². The van der Waals surface area contributed by atoms with Gasteiger partial charge in [0.05, 0.1) is 11.0 Å². The van der Waals surface area contributed by atoms with E-state index in [1.807, 2.05) is 6.07 Å². The largest absolute Gasteiger partial charge is 0.317 e. The Labute approximate surface area is 94.9 Å². The van der Waals surface area contributed by atoms with Gasteiger partial charge in [0.25, 0.3) is 0 Å². The minimum absolute atomic E-state index is 0.640. The monoisotopic (exact) mass is 213 g/mol. The molecule has 1 aliphatic rings. The van der Waals surface area contributed by atoms with E-state index in [1.165, 1.54) is 18.4 Å². The average Bonchev–Trinajstić information content (AvgIpc) is 2.39. The summed E-state index contributed by atoms with van der Waals surface area (Å²) in [6, 6.07) is 6.33. The summed E-state index contributed by atoms with van der Waals surface area (Å²) in [6.07, 6.45) is 5.95. The van der Waals surface area contributed by atoms with Crippen LogP contribution in [0.25, 0.3) is 11.0 Å². The highest BCUT2D eigenvalue weighted by Crippen LogP contribution is 2.29. The maximum atomic E-state index is 4.47.